The van der Waals surface area contributed by atoms with Crippen LogP contribution in [0, 0.1) is 10.1 Å². The van der Waals surface area contributed by atoms with Crippen molar-refractivity contribution >= 4 is 40.3 Å². The number of aromatic carboxylic acids is 1. The molecule has 9 heteroatoms. The number of halogens is 1. The number of carboxylic acid groups (broad SMARTS) is 1. The Kier molecular flexibility index (Phi) is 4.16. The van der Waals surface area contributed by atoms with Gasteiger partial charge in [0.15, 0.2) is 4.47 Å². The topological polar surface area (TPSA) is 105 Å². The number of hydrogen-bond acceptors (Lipinski definition) is 6. The summed E-state index contributed by atoms with van der Waals surface area (Å²) in [6.45, 7) is 0.404. The lowest BCUT2D eigenvalue weighted by atomic mass is 10.1. The van der Waals surface area contributed by atoms with Gasteiger partial charge in [0, 0.05) is 22.8 Å². The third-order valence-corrected chi connectivity index (χ3v) is 3.53. The van der Waals surface area contributed by atoms with Gasteiger partial charge in [0.2, 0.25) is 0 Å². The summed E-state index contributed by atoms with van der Waals surface area (Å²) < 4.78 is 0.414. The van der Waals surface area contributed by atoms with Crippen molar-refractivity contribution in [3.63, 3.8) is 0 Å². The highest BCUT2D eigenvalue weighted by Crippen LogP contribution is 2.24. The number of carbonyl (C=O) groups is 1. The van der Waals surface area contributed by atoms with Crippen molar-refractivity contribution in [3.05, 3.63) is 49.4 Å². The van der Waals surface area contributed by atoms with E-state index in [-0.39, 0.29) is 5.56 Å². The second-order valence-electron chi connectivity index (χ2n) is 3.73. The van der Waals surface area contributed by atoms with Crippen molar-refractivity contribution in [2.45, 2.75) is 6.54 Å². The molecule has 0 aliphatic heterocycles. The largest absolute Gasteiger partial charge is 0.477 e. The Morgan fingerprint density at radius 3 is 2.85 bits per heavy atom. The van der Waals surface area contributed by atoms with Crippen molar-refractivity contribution in [1.29, 1.82) is 0 Å². The van der Waals surface area contributed by atoms with Crippen LogP contribution in [0.1, 0.15) is 15.2 Å². The summed E-state index contributed by atoms with van der Waals surface area (Å²) in [6, 6.07) is 3.84. The average molecular weight is 314 g/mol. The number of nitrogens with zero attached hydrogens (tertiary/aromatic N) is 2. The number of anilines is 1. The molecule has 0 amide bonds. The van der Waals surface area contributed by atoms with E-state index in [4.69, 9.17) is 16.7 Å². The summed E-state index contributed by atoms with van der Waals surface area (Å²) in [5.41, 5.74) is -0.330. The van der Waals surface area contributed by atoms with Gasteiger partial charge in [-0.2, -0.15) is 0 Å². The lowest BCUT2D eigenvalue weighted by Gasteiger charge is -2.06. The number of nitro groups is 1. The maximum atomic E-state index is 11.0. The van der Waals surface area contributed by atoms with E-state index in [9.17, 15) is 14.9 Å². The Morgan fingerprint density at radius 1 is 1.55 bits per heavy atom. The molecule has 2 rings (SSSR count). The molecular weight excluding hydrogens is 306 g/mol. The molecule has 1 aromatic carbocycles. The lowest BCUT2D eigenvalue weighted by molar-refractivity contribution is -0.385. The molecule has 7 nitrogen and oxygen atoms in total. The van der Waals surface area contributed by atoms with Crippen molar-refractivity contribution in [2.75, 3.05) is 5.32 Å². The summed E-state index contributed by atoms with van der Waals surface area (Å²) in [5.74, 6) is -1.35. The number of thiazole rings is 1. The summed E-state index contributed by atoms with van der Waals surface area (Å²) >= 11 is 6.98. The van der Waals surface area contributed by atoms with Gasteiger partial charge >= 0.3 is 5.97 Å². The van der Waals surface area contributed by atoms with Gasteiger partial charge in [-0.3, -0.25) is 10.1 Å². The lowest BCUT2D eigenvalue weighted by Crippen LogP contribution is -2.05. The van der Waals surface area contributed by atoms with E-state index in [1.54, 1.807) is 6.20 Å². The molecule has 0 radical (unpaired) electrons. The van der Waals surface area contributed by atoms with Crippen LogP contribution in [0.5, 0.6) is 0 Å². The van der Waals surface area contributed by atoms with Gasteiger partial charge in [-0.15, -0.1) is 11.3 Å². The van der Waals surface area contributed by atoms with Crippen LogP contribution in [-0.4, -0.2) is 21.0 Å². The molecule has 0 saturated heterocycles. The minimum atomic E-state index is -1.35. The summed E-state index contributed by atoms with van der Waals surface area (Å²) in [4.78, 5) is 25.7. The van der Waals surface area contributed by atoms with Crippen LogP contribution in [0.4, 0.5) is 11.4 Å². The summed E-state index contributed by atoms with van der Waals surface area (Å²) in [7, 11) is 0. The Morgan fingerprint density at radius 2 is 2.30 bits per heavy atom. The number of nitrogens with one attached hydrogen (secondary N) is 1. The number of hydrogen-bond donors (Lipinski definition) is 2. The molecule has 104 valence electrons. The first-order chi connectivity index (χ1) is 9.47. The maximum Gasteiger partial charge on any atom is 0.342 e. The van der Waals surface area contributed by atoms with E-state index in [1.165, 1.54) is 23.5 Å². The number of aromatic nitrogens is 1. The fraction of sp³-hybridized carbons (Fsp3) is 0.0909. The van der Waals surface area contributed by atoms with Gasteiger partial charge in [0.05, 0.1) is 11.5 Å². The quantitative estimate of drug-likeness (QED) is 0.649. The van der Waals surface area contributed by atoms with Gasteiger partial charge in [0.1, 0.15) is 5.56 Å². The van der Waals surface area contributed by atoms with Crippen LogP contribution < -0.4 is 5.32 Å². The molecule has 2 aromatic rings. The number of benzene rings is 1. The van der Waals surface area contributed by atoms with Gasteiger partial charge in [-0.05, 0) is 12.1 Å². The maximum absolute atomic E-state index is 11.0. The van der Waals surface area contributed by atoms with Crippen LogP contribution in [-0.2, 0) is 6.54 Å². The Hall–Kier alpha value is -2.19. The van der Waals surface area contributed by atoms with Crippen LogP contribution in [0.15, 0.2) is 24.4 Å². The zero-order valence-electron chi connectivity index (χ0n) is 9.87. The fourth-order valence-corrected chi connectivity index (χ4v) is 2.45. The Labute approximate surface area is 122 Å². The monoisotopic (exact) mass is 313 g/mol. The molecular formula is C11H8ClN3O4S. The molecule has 1 aromatic heterocycles. The van der Waals surface area contributed by atoms with Crippen LogP contribution in [0.3, 0.4) is 0 Å². The standard InChI is InChI=1S/C11H8ClN3O4S/c12-11-14-5-7(20-11)4-13-6-1-2-9(15(18)19)8(3-6)10(16)17/h1-3,5,13H,4H2,(H,16,17). The van der Waals surface area contributed by atoms with Crippen molar-refractivity contribution in [2.24, 2.45) is 0 Å². The average Bonchev–Trinajstić information content (AvgIpc) is 2.81. The summed E-state index contributed by atoms with van der Waals surface area (Å²) in [5, 5.41) is 22.7. The van der Waals surface area contributed by atoms with Crippen LogP contribution in [0.2, 0.25) is 4.47 Å². The van der Waals surface area contributed by atoms with Crippen molar-refractivity contribution in [1.82, 2.24) is 4.98 Å². The Balaban J connectivity index is 2.18. The molecule has 0 aliphatic carbocycles. The zero-order chi connectivity index (χ0) is 14.7. The first-order valence-corrected chi connectivity index (χ1v) is 6.52. The van der Waals surface area contributed by atoms with Crippen LogP contribution >= 0.6 is 22.9 Å². The van der Waals surface area contributed by atoms with Crippen molar-refractivity contribution < 1.29 is 14.8 Å². The molecule has 0 unspecified atom stereocenters. The Bertz CT molecular complexity index is 673. The first kappa shape index (κ1) is 14.2. The van der Waals surface area contributed by atoms with Crippen molar-refractivity contribution in [3.8, 4) is 0 Å². The number of carboxylic acids is 1. The third kappa shape index (κ3) is 3.22. The molecule has 0 spiro atoms. The second-order valence-corrected chi connectivity index (χ2v) is 5.42. The molecule has 2 N–H and O–H groups in total. The highest BCUT2D eigenvalue weighted by Gasteiger charge is 2.19. The molecule has 1 heterocycles. The molecule has 0 bridgehead atoms. The van der Waals surface area contributed by atoms with Crippen LogP contribution in [0.25, 0.3) is 0 Å². The van der Waals surface area contributed by atoms with E-state index in [0.29, 0.717) is 16.7 Å². The second kappa shape index (κ2) is 5.85. The molecule has 20 heavy (non-hydrogen) atoms. The summed E-state index contributed by atoms with van der Waals surface area (Å²) in [6.07, 6.45) is 1.60. The number of nitro benzene ring substituents is 1. The zero-order valence-corrected chi connectivity index (χ0v) is 11.4. The highest BCUT2D eigenvalue weighted by molar-refractivity contribution is 7.15. The molecule has 0 fully saturated rings. The minimum absolute atomic E-state index is 0.359. The van der Waals surface area contributed by atoms with E-state index >= 15 is 0 Å². The first-order valence-electron chi connectivity index (χ1n) is 5.33. The molecule has 0 aliphatic rings. The van der Waals surface area contributed by atoms with E-state index in [2.05, 4.69) is 10.3 Å². The van der Waals surface area contributed by atoms with E-state index in [0.717, 1.165) is 10.9 Å². The van der Waals surface area contributed by atoms with Gasteiger partial charge in [-0.25, -0.2) is 9.78 Å². The van der Waals surface area contributed by atoms with E-state index < -0.39 is 16.6 Å². The predicted molar refractivity (Wildman–Crippen MR) is 74.5 cm³/mol. The fourth-order valence-electron chi connectivity index (χ4n) is 1.53. The normalized spacial score (nSPS) is 10.2. The molecule has 0 saturated carbocycles. The smallest absolute Gasteiger partial charge is 0.342 e. The van der Waals surface area contributed by atoms with Gasteiger partial charge < -0.3 is 10.4 Å². The minimum Gasteiger partial charge on any atom is -0.477 e. The van der Waals surface area contributed by atoms with Gasteiger partial charge in [0.25, 0.3) is 5.69 Å². The third-order valence-electron chi connectivity index (χ3n) is 2.42. The van der Waals surface area contributed by atoms with Gasteiger partial charge in [-0.1, -0.05) is 11.6 Å². The number of rotatable bonds is 5. The van der Waals surface area contributed by atoms with E-state index in [1.807, 2.05) is 0 Å². The highest BCUT2D eigenvalue weighted by atomic mass is 35.5. The SMILES string of the molecule is O=C(O)c1cc(NCc2cnc(Cl)s2)ccc1[N+](=O)[O-]. The predicted octanol–water partition coefficient (Wildman–Crippen LogP) is 3.02. The molecule has 0 atom stereocenters.